The summed E-state index contributed by atoms with van der Waals surface area (Å²) in [7, 11) is 1.73. The summed E-state index contributed by atoms with van der Waals surface area (Å²) in [6, 6.07) is 8.92. The molecule has 1 aromatic carbocycles. The van der Waals surface area contributed by atoms with Crippen LogP contribution >= 0.6 is 0 Å². The van der Waals surface area contributed by atoms with Gasteiger partial charge in [0.1, 0.15) is 16.9 Å². The number of aromatic nitrogens is 3. The molecule has 0 N–H and O–H groups in total. The van der Waals surface area contributed by atoms with Gasteiger partial charge in [-0.15, -0.1) is 0 Å². The maximum Gasteiger partial charge on any atom is 0.299 e. The summed E-state index contributed by atoms with van der Waals surface area (Å²) in [5.74, 6) is -3.04. The summed E-state index contributed by atoms with van der Waals surface area (Å²) in [5, 5.41) is 0. The van der Waals surface area contributed by atoms with E-state index in [-0.39, 0.29) is 5.56 Å². The number of alkyl halides is 2. The lowest BCUT2D eigenvalue weighted by atomic mass is 9.85. The Kier molecular flexibility index (Phi) is 2.92. The van der Waals surface area contributed by atoms with E-state index in [9.17, 15) is 8.78 Å². The van der Waals surface area contributed by atoms with E-state index < -0.39 is 11.5 Å². The highest BCUT2D eigenvalue weighted by Crippen LogP contribution is 2.46. The maximum atomic E-state index is 14.8. The van der Waals surface area contributed by atoms with E-state index in [4.69, 9.17) is 0 Å². The number of aliphatic imine (C=N–C) groups is 1. The van der Waals surface area contributed by atoms with Crippen molar-refractivity contribution in [1.29, 1.82) is 0 Å². The molecular weight excluding hydrogens is 310 g/mol. The largest absolute Gasteiger partial charge is 0.349 e. The fraction of sp³-hybridized carbons (Fsp3) is 0.278. The molecule has 0 saturated carbocycles. The Hall–Kier alpha value is -2.63. The molecule has 4 nitrogen and oxygen atoms in total. The summed E-state index contributed by atoms with van der Waals surface area (Å²) in [6.45, 7) is 2.88. The van der Waals surface area contributed by atoms with Gasteiger partial charge < -0.3 is 4.57 Å². The molecule has 0 radical (unpaired) electrons. The summed E-state index contributed by atoms with van der Waals surface area (Å²) >= 11 is 0. The van der Waals surface area contributed by atoms with Gasteiger partial charge in [-0.1, -0.05) is 12.1 Å². The Morgan fingerprint density at radius 3 is 2.50 bits per heavy atom. The maximum absolute atomic E-state index is 14.8. The van der Waals surface area contributed by atoms with Crippen molar-refractivity contribution in [2.45, 2.75) is 25.3 Å². The predicted molar refractivity (Wildman–Crippen MR) is 88.6 cm³/mol. The number of hydrogen-bond acceptors (Lipinski definition) is 3. The first-order chi connectivity index (χ1) is 11.3. The fourth-order valence-corrected chi connectivity index (χ4v) is 3.06. The smallest absolute Gasteiger partial charge is 0.299 e. The van der Waals surface area contributed by atoms with Crippen LogP contribution in [0.2, 0.25) is 0 Å². The molecule has 0 aliphatic carbocycles. The van der Waals surface area contributed by atoms with Gasteiger partial charge in [0.15, 0.2) is 0 Å². The van der Waals surface area contributed by atoms with Gasteiger partial charge in [0.25, 0.3) is 5.92 Å². The zero-order valence-corrected chi connectivity index (χ0v) is 13.6. The Bertz CT molecular complexity index is 986. The zero-order chi connectivity index (χ0) is 17.1. The fourth-order valence-electron chi connectivity index (χ4n) is 3.06. The minimum atomic E-state index is -3.04. The summed E-state index contributed by atoms with van der Waals surface area (Å²) in [5.41, 5.74) is 1.24. The van der Waals surface area contributed by atoms with Crippen molar-refractivity contribution in [3.63, 3.8) is 0 Å². The van der Waals surface area contributed by atoms with E-state index in [0.717, 1.165) is 5.52 Å². The molecule has 4 rings (SSSR count). The van der Waals surface area contributed by atoms with Crippen molar-refractivity contribution >= 4 is 16.7 Å². The second kappa shape index (κ2) is 4.69. The molecule has 3 heterocycles. The highest BCUT2D eigenvalue weighted by molar-refractivity contribution is 6.13. The van der Waals surface area contributed by atoms with Crippen LogP contribution in [0.3, 0.4) is 0 Å². The zero-order valence-electron chi connectivity index (χ0n) is 13.6. The summed E-state index contributed by atoms with van der Waals surface area (Å²) in [4.78, 5) is 13.3. The summed E-state index contributed by atoms with van der Waals surface area (Å²) < 4.78 is 31.2. The number of hydrogen-bond donors (Lipinski definition) is 0. The first-order valence-electron chi connectivity index (χ1n) is 7.67. The first-order valence-corrected chi connectivity index (χ1v) is 7.67. The van der Waals surface area contributed by atoms with E-state index in [1.54, 1.807) is 24.0 Å². The van der Waals surface area contributed by atoms with Crippen LogP contribution in [0.25, 0.3) is 11.0 Å². The second-order valence-electron chi connectivity index (χ2n) is 6.53. The molecule has 0 bridgehead atoms. The second-order valence-corrected chi connectivity index (χ2v) is 6.53. The standard InChI is InChI=1S/C18H16F2N4/c1-17(2)18(19,20)11-8-9-24(3)16(11)15(23-17)14-10-21-12-6-4-5-7-13(12)22-14/h4-10H,1-3H3. The third-order valence-corrected chi connectivity index (χ3v) is 4.49. The molecular formula is C18H16F2N4. The molecule has 0 atom stereocenters. The van der Waals surface area contributed by atoms with Gasteiger partial charge in [-0.3, -0.25) is 9.98 Å². The highest BCUT2D eigenvalue weighted by atomic mass is 19.3. The van der Waals surface area contributed by atoms with Crippen molar-refractivity contribution in [3.8, 4) is 0 Å². The lowest BCUT2D eigenvalue weighted by Gasteiger charge is -2.35. The van der Waals surface area contributed by atoms with Crippen LogP contribution < -0.4 is 0 Å². The van der Waals surface area contributed by atoms with E-state index in [1.807, 2.05) is 24.3 Å². The van der Waals surface area contributed by atoms with E-state index >= 15 is 0 Å². The highest BCUT2D eigenvalue weighted by Gasteiger charge is 2.53. The number of fused-ring (bicyclic) bond motifs is 2. The third kappa shape index (κ3) is 1.92. The van der Waals surface area contributed by atoms with Gasteiger partial charge in [-0.05, 0) is 32.0 Å². The van der Waals surface area contributed by atoms with Crippen LogP contribution in [0.5, 0.6) is 0 Å². The van der Waals surface area contributed by atoms with Crippen molar-refractivity contribution in [3.05, 3.63) is 59.7 Å². The Labute approximate surface area is 137 Å². The minimum absolute atomic E-state index is 0.0186. The van der Waals surface area contributed by atoms with Crippen LogP contribution in [0.1, 0.15) is 30.8 Å². The number of halogens is 2. The lowest BCUT2D eigenvalue weighted by molar-refractivity contribution is -0.0682. The minimum Gasteiger partial charge on any atom is -0.349 e. The van der Waals surface area contributed by atoms with Gasteiger partial charge >= 0.3 is 0 Å². The van der Waals surface area contributed by atoms with Crippen LogP contribution in [0.4, 0.5) is 8.78 Å². The van der Waals surface area contributed by atoms with Crippen LogP contribution in [-0.4, -0.2) is 25.8 Å². The van der Waals surface area contributed by atoms with E-state index in [0.29, 0.717) is 22.6 Å². The molecule has 0 fully saturated rings. The number of aryl methyl sites for hydroxylation is 1. The van der Waals surface area contributed by atoms with Crippen molar-refractivity contribution < 1.29 is 8.78 Å². The molecule has 2 aromatic heterocycles. The monoisotopic (exact) mass is 326 g/mol. The summed E-state index contributed by atoms with van der Waals surface area (Å²) in [6.07, 6.45) is 3.22. The van der Waals surface area contributed by atoms with E-state index in [2.05, 4.69) is 15.0 Å². The average Bonchev–Trinajstić information content (AvgIpc) is 2.93. The molecule has 3 aromatic rings. The van der Waals surface area contributed by atoms with Crippen molar-refractivity contribution in [2.24, 2.45) is 12.0 Å². The van der Waals surface area contributed by atoms with Gasteiger partial charge in [-0.2, -0.15) is 8.78 Å². The Morgan fingerprint density at radius 2 is 1.75 bits per heavy atom. The molecule has 0 amide bonds. The normalized spacial score (nSPS) is 18.3. The molecule has 1 aliphatic heterocycles. The van der Waals surface area contributed by atoms with Crippen molar-refractivity contribution in [2.75, 3.05) is 0 Å². The molecule has 122 valence electrons. The van der Waals surface area contributed by atoms with E-state index in [1.165, 1.54) is 19.9 Å². The van der Waals surface area contributed by atoms with Crippen LogP contribution in [0.15, 0.2) is 47.7 Å². The molecule has 24 heavy (non-hydrogen) atoms. The van der Waals surface area contributed by atoms with Crippen LogP contribution in [-0.2, 0) is 13.0 Å². The van der Waals surface area contributed by atoms with Crippen molar-refractivity contribution in [1.82, 2.24) is 14.5 Å². The number of benzene rings is 1. The molecule has 6 heteroatoms. The SMILES string of the molecule is Cn1ccc2c1C(c1cnc3ccccc3n1)=NC(C)(C)C2(F)F. The number of rotatable bonds is 1. The van der Waals surface area contributed by atoms with Gasteiger partial charge in [0.2, 0.25) is 0 Å². The number of nitrogens with zero attached hydrogens (tertiary/aromatic N) is 4. The predicted octanol–water partition coefficient (Wildman–Crippen LogP) is 3.69. The van der Waals surface area contributed by atoms with Gasteiger partial charge in [0.05, 0.1) is 28.5 Å². The lowest BCUT2D eigenvalue weighted by Crippen LogP contribution is -2.44. The molecule has 1 aliphatic rings. The quantitative estimate of drug-likeness (QED) is 0.684. The molecule has 0 unspecified atom stereocenters. The molecule has 0 spiro atoms. The Balaban J connectivity index is 1.99. The first kappa shape index (κ1) is 14.9. The topological polar surface area (TPSA) is 43.1 Å². The van der Waals surface area contributed by atoms with Crippen LogP contribution in [0, 0.1) is 0 Å². The Morgan fingerprint density at radius 1 is 1.04 bits per heavy atom. The van der Waals surface area contributed by atoms with Gasteiger partial charge in [0, 0.05) is 13.2 Å². The number of para-hydroxylation sites is 2. The van der Waals surface area contributed by atoms with Gasteiger partial charge in [-0.25, -0.2) is 4.98 Å². The molecule has 0 saturated heterocycles. The average molecular weight is 326 g/mol. The third-order valence-electron chi connectivity index (χ3n) is 4.49.